The van der Waals surface area contributed by atoms with Crippen molar-refractivity contribution in [2.75, 3.05) is 19.6 Å². The summed E-state index contributed by atoms with van der Waals surface area (Å²) in [4.78, 5) is 0. The van der Waals surface area contributed by atoms with E-state index >= 15 is 0 Å². The summed E-state index contributed by atoms with van der Waals surface area (Å²) in [6.07, 6.45) is 0. The van der Waals surface area contributed by atoms with Crippen molar-refractivity contribution in [2.24, 2.45) is 22.9 Å². The average molecular weight is 194 g/mol. The maximum atomic E-state index is 5.11. The summed E-state index contributed by atoms with van der Waals surface area (Å²) in [7, 11) is 0. The van der Waals surface area contributed by atoms with E-state index in [2.05, 4.69) is 0 Å². The van der Waals surface area contributed by atoms with Gasteiger partial charge in [-0.3, -0.25) is 0 Å². The van der Waals surface area contributed by atoms with Crippen LogP contribution in [0.15, 0.2) is 0 Å². The number of hydrogen-bond acceptors (Lipinski definition) is 4. The summed E-state index contributed by atoms with van der Waals surface area (Å²) < 4.78 is 0. The van der Waals surface area contributed by atoms with Crippen molar-refractivity contribution in [3.63, 3.8) is 0 Å². The third kappa shape index (κ3) is 44800. The second kappa shape index (κ2) is 40.8. The molecule has 0 aliphatic rings. The minimum Gasteiger partial charge on any atom is -0.331 e. The molecule has 0 aliphatic heterocycles. The third-order valence-electron chi connectivity index (χ3n) is 0. The highest BCUT2D eigenvalue weighted by Crippen LogP contribution is 1.58. The van der Waals surface area contributed by atoms with Gasteiger partial charge in [-0.2, -0.15) is 0 Å². The van der Waals surface area contributed by atoms with Crippen LogP contribution in [0.5, 0.6) is 0 Å². The Morgan fingerprint density at radius 3 is 0.769 bits per heavy atom. The molecule has 86 valence electrons. The fourth-order valence-electron chi connectivity index (χ4n) is 0. The van der Waals surface area contributed by atoms with Gasteiger partial charge in [0.25, 0.3) is 0 Å². The van der Waals surface area contributed by atoms with E-state index in [-0.39, 0.29) is 0 Å². The minimum atomic E-state index is 0.333. The van der Waals surface area contributed by atoms with E-state index in [0.29, 0.717) is 6.04 Å². The van der Waals surface area contributed by atoms with Crippen molar-refractivity contribution in [2.45, 2.75) is 40.7 Å². The van der Waals surface area contributed by atoms with Crippen LogP contribution in [0.25, 0.3) is 0 Å². The standard InChI is InChI=1S/C3H9N.3C2H7N/c1-3(2)4;3*1-2-3/h3H,4H2,1-2H3;3*2-3H2,1H3. The smallest absolute Gasteiger partial charge is 0.00179 e. The molecule has 4 heteroatoms. The van der Waals surface area contributed by atoms with Gasteiger partial charge in [-0.05, 0) is 25.7 Å². The van der Waals surface area contributed by atoms with Crippen molar-refractivity contribution >= 4 is 0 Å². The highest BCUT2D eigenvalue weighted by atomic mass is 14.6. The predicted octanol–water partition coefficient (Wildman–Crippen LogP) is 0.249. The van der Waals surface area contributed by atoms with Crippen molar-refractivity contribution in [3.8, 4) is 0 Å². The fraction of sp³-hybridized carbons (Fsp3) is 1.00. The Bertz CT molecular complexity index is 33.1. The Kier molecular flexibility index (Phi) is 72.3. The zero-order valence-electron chi connectivity index (χ0n) is 10.0. The molecular weight excluding hydrogens is 164 g/mol. The van der Waals surface area contributed by atoms with Crippen LogP contribution >= 0.6 is 0 Å². The lowest BCUT2D eigenvalue weighted by molar-refractivity contribution is 0.834. The number of hydrogen-bond donors (Lipinski definition) is 4. The molecule has 0 saturated carbocycles. The van der Waals surface area contributed by atoms with E-state index in [9.17, 15) is 0 Å². The minimum absolute atomic E-state index is 0.333. The summed E-state index contributed by atoms with van der Waals surface area (Å²) in [6, 6.07) is 0.333. The Balaban J connectivity index is -0.0000000420. The topological polar surface area (TPSA) is 104 Å². The number of rotatable bonds is 0. The van der Waals surface area contributed by atoms with Crippen LogP contribution in [0.4, 0.5) is 0 Å². The largest absolute Gasteiger partial charge is 0.331 e. The second-order valence-corrected chi connectivity index (χ2v) is 2.47. The van der Waals surface area contributed by atoms with Crippen molar-refractivity contribution < 1.29 is 0 Å². The monoisotopic (exact) mass is 194 g/mol. The molecule has 0 fully saturated rings. The highest BCUT2D eigenvalue weighted by molar-refractivity contribution is 4.32. The Labute approximate surface area is 84.0 Å². The molecule has 0 aliphatic carbocycles. The molecule has 0 aromatic heterocycles. The van der Waals surface area contributed by atoms with Gasteiger partial charge in [-0.1, -0.05) is 34.6 Å². The lowest BCUT2D eigenvalue weighted by Crippen LogP contribution is -2.06. The van der Waals surface area contributed by atoms with E-state index in [0.717, 1.165) is 19.6 Å². The highest BCUT2D eigenvalue weighted by Gasteiger charge is 1.67. The zero-order chi connectivity index (χ0) is 11.7. The summed E-state index contributed by atoms with van der Waals surface area (Å²) >= 11 is 0. The average Bonchev–Trinajstić information content (AvgIpc) is 1.88. The lowest BCUT2D eigenvalue weighted by atomic mass is 10.5. The molecule has 0 amide bonds. The zero-order valence-corrected chi connectivity index (χ0v) is 10.0. The van der Waals surface area contributed by atoms with Crippen LogP contribution in [0, 0.1) is 0 Å². The van der Waals surface area contributed by atoms with Crippen LogP contribution in [0.3, 0.4) is 0 Å². The van der Waals surface area contributed by atoms with Crippen LogP contribution in [-0.2, 0) is 0 Å². The Morgan fingerprint density at radius 1 is 0.769 bits per heavy atom. The first kappa shape index (κ1) is 23.0. The molecule has 0 rings (SSSR count). The van der Waals surface area contributed by atoms with E-state index in [1.807, 2.05) is 34.6 Å². The first-order valence-corrected chi connectivity index (χ1v) is 4.83. The van der Waals surface area contributed by atoms with Gasteiger partial charge in [0.2, 0.25) is 0 Å². The molecule has 8 N–H and O–H groups in total. The maximum Gasteiger partial charge on any atom is -0.00179 e. The van der Waals surface area contributed by atoms with Crippen LogP contribution in [-0.4, -0.2) is 25.7 Å². The SMILES string of the molecule is CC(C)N.CCN.CCN.CCN. The third-order valence-corrected chi connectivity index (χ3v) is 0. The van der Waals surface area contributed by atoms with Gasteiger partial charge >= 0.3 is 0 Å². The summed E-state index contributed by atoms with van der Waals surface area (Å²) in [5, 5.41) is 0. The van der Waals surface area contributed by atoms with E-state index in [1.54, 1.807) is 0 Å². The van der Waals surface area contributed by atoms with Crippen molar-refractivity contribution in [3.05, 3.63) is 0 Å². The van der Waals surface area contributed by atoms with Gasteiger partial charge in [-0.15, -0.1) is 0 Å². The van der Waals surface area contributed by atoms with Gasteiger partial charge in [0.05, 0.1) is 0 Å². The van der Waals surface area contributed by atoms with E-state index < -0.39 is 0 Å². The van der Waals surface area contributed by atoms with E-state index in [1.165, 1.54) is 0 Å². The van der Waals surface area contributed by atoms with Gasteiger partial charge in [0.1, 0.15) is 0 Å². The van der Waals surface area contributed by atoms with Crippen molar-refractivity contribution in [1.29, 1.82) is 0 Å². The van der Waals surface area contributed by atoms with Crippen LogP contribution in [0.2, 0.25) is 0 Å². The first-order valence-electron chi connectivity index (χ1n) is 4.83. The predicted molar refractivity (Wildman–Crippen MR) is 63.5 cm³/mol. The fourth-order valence-corrected chi connectivity index (χ4v) is 0. The molecule has 0 aromatic rings. The normalized spacial score (nSPS) is 6.92. The summed E-state index contributed by atoms with van der Waals surface area (Å²) in [5.74, 6) is 0. The van der Waals surface area contributed by atoms with Gasteiger partial charge < -0.3 is 22.9 Å². The molecule has 0 atom stereocenters. The molecule has 13 heavy (non-hydrogen) atoms. The maximum absolute atomic E-state index is 5.11. The van der Waals surface area contributed by atoms with E-state index in [4.69, 9.17) is 22.9 Å². The molecular formula is C9H30N4. The number of nitrogens with two attached hydrogens (primary N) is 4. The molecule has 0 bridgehead atoms. The van der Waals surface area contributed by atoms with Crippen LogP contribution < -0.4 is 22.9 Å². The molecule has 0 unspecified atom stereocenters. The molecule has 0 aromatic carbocycles. The second-order valence-electron chi connectivity index (χ2n) is 2.47. The Hall–Kier alpha value is -0.160. The molecule has 0 spiro atoms. The molecule has 0 saturated heterocycles. The Morgan fingerprint density at radius 2 is 0.769 bits per heavy atom. The molecule has 0 heterocycles. The summed E-state index contributed by atoms with van der Waals surface area (Å²) in [6.45, 7) is 11.8. The van der Waals surface area contributed by atoms with Gasteiger partial charge in [-0.25, -0.2) is 0 Å². The lowest BCUT2D eigenvalue weighted by Gasteiger charge is -1.81. The molecule has 4 nitrogen and oxygen atoms in total. The van der Waals surface area contributed by atoms with Crippen molar-refractivity contribution in [1.82, 2.24) is 0 Å². The quantitative estimate of drug-likeness (QED) is 0.443. The van der Waals surface area contributed by atoms with Gasteiger partial charge in [0.15, 0.2) is 0 Å². The summed E-state index contributed by atoms with van der Waals surface area (Å²) in [5.41, 5.74) is 19.7. The van der Waals surface area contributed by atoms with Gasteiger partial charge in [0, 0.05) is 0 Å². The molecule has 0 radical (unpaired) electrons. The van der Waals surface area contributed by atoms with Crippen LogP contribution in [0.1, 0.15) is 34.6 Å². The first-order chi connectivity index (χ1) is 5.97.